The zero-order chi connectivity index (χ0) is 12.0. The number of nitrogens with one attached hydrogen (secondary N) is 1. The second-order valence-electron chi connectivity index (χ2n) is 4.62. The topological polar surface area (TPSA) is 49.4 Å². The van der Waals surface area contributed by atoms with Gasteiger partial charge in [-0.1, -0.05) is 18.2 Å². The monoisotopic (exact) mass is 230 g/mol. The summed E-state index contributed by atoms with van der Waals surface area (Å²) in [5.41, 5.74) is 1.72. The third-order valence-electron chi connectivity index (χ3n) is 3.47. The number of fused-ring (bicyclic) bond motifs is 1. The van der Waals surface area contributed by atoms with Crippen molar-refractivity contribution in [3.8, 4) is 0 Å². The number of rotatable bonds is 3. The van der Waals surface area contributed by atoms with Gasteiger partial charge < -0.3 is 5.32 Å². The third kappa shape index (κ3) is 1.48. The fourth-order valence-electron chi connectivity index (χ4n) is 2.49. The van der Waals surface area contributed by atoms with E-state index in [-0.39, 0.29) is 23.7 Å². The summed E-state index contributed by atoms with van der Waals surface area (Å²) in [4.78, 5) is 25.4. The van der Waals surface area contributed by atoms with E-state index in [1.165, 1.54) is 4.90 Å². The third-order valence-corrected chi connectivity index (χ3v) is 3.47. The number of piperidine rings is 1. The molecule has 1 heterocycles. The molecule has 1 aliphatic carbocycles. The summed E-state index contributed by atoms with van der Waals surface area (Å²) in [6.45, 7) is 0.655. The van der Waals surface area contributed by atoms with E-state index in [0.29, 0.717) is 6.54 Å². The van der Waals surface area contributed by atoms with Crippen LogP contribution in [-0.2, 0) is 16.1 Å². The van der Waals surface area contributed by atoms with Crippen LogP contribution in [0.4, 0.5) is 5.69 Å². The van der Waals surface area contributed by atoms with E-state index in [4.69, 9.17) is 0 Å². The molecular formula is C13H14N2O2. The van der Waals surface area contributed by atoms with Gasteiger partial charge in [-0.15, -0.1) is 0 Å². The molecule has 2 amide bonds. The van der Waals surface area contributed by atoms with Crippen molar-refractivity contribution < 1.29 is 9.59 Å². The van der Waals surface area contributed by atoms with Crippen molar-refractivity contribution in [3.63, 3.8) is 0 Å². The maximum absolute atomic E-state index is 12.0. The minimum Gasteiger partial charge on any atom is -0.316 e. The zero-order valence-electron chi connectivity index (χ0n) is 9.64. The number of imide groups is 1. The van der Waals surface area contributed by atoms with Crippen molar-refractivity contribution in [1.82, 2.24) is 5.32 Å². The summed E-state index contributed by atoms with van der Waals surface area (Å²) in [7, 11) is 1.85. The Morgan fingerprint density at radius 2 is 1.88 bits per heavy atom. The molecule has 1 aromatic rings. The van der Waals surface area contributed by atoms with Crippen molar-refractivity contribution in [2.45, 2.75) is 13.0 Å². The van der Waals surface area contributed by atoms with Crippen LogP contribution in [0.15, 0.2) is 24.3 Å². The van der Waals surface area contributed by atoms with Crippen molar-refractivity contribution >= 4 is 17.5 Å². The fraction of sp³-hybridized carbons (Fsp3) is 0.385. The van der Waals surface area contributed by atoms with Gasteiger partial charge >= 0.3 is 0 Å². The Morgan fingerprint density at radius 3 is 2.53 bits per heavy atom. The second-order valence-corrected chi connectivity index (χ2v) is 4.62. The molecule has 1 saturated heterocycles. The predicted octanol–water partition coefficient (Wildman–Crippen LogP) is 0.915. The molecular weight excluding hydrogens is 216 g/mol. The Morgan fingerprint density at radius 1 is 1.24 bits per heavy atom. The van der Waals surface area contributed by atoms with Crippen LogP contribution in [0, 0.1) is 11.8 Å². The lowest BCUT2D eigenvalue weighted by atomic mass is 10.1. The van der Waals surface area contributed by atoms with Crippen molar-refractivity contribution in [2.24, 2.45) is 11.8 Å². The molecule has 0 bridgehead atoms. The first-order valence-electron chi connectivity index (χ1n) is 5.84. The summed E-state index contributed by atoms with van der Waals surface area (Å²) in [6, 6.07) is 7.56. The maximum atomic E-state index is 12.0. The number of benzene rings is 1. The van der Waals surface area contributed by atoms with Gasteiger partial charge in [-0.2, -0.15) is 0 Å². The lowest BCUT2D eigenvalue weighted by Gasteiger charge is -2.19. The number of hydrogen-bond acceptors (Lipinski definition) is 3. The first kappa shape index (κ1) is 10.5. The molecule has 0 spiro atoms. The highest BCUT2D eigenvalue weighted by Crippen LogP contribution is 2.48. The van der Waals surface area contributed by atoms with Crippen LogP contribution in [0.2, 0.25) is 0 Å². The molecule has 3 rings (SSSR count). The summed E-state index contributed by atoms with van der Waals surface area (Å²) >= 11 is 0. The van der Waals surface area contributed by atoms with Gasteiger partial charge in [-0.3, -0.25) is 9.59 Å². The number of para-hydroxylation sites is 1. The lowest BCUT2D eigenvalue weighted by Crippen LogP contribution is -2.33. The van der Waals surface area contributed by atoms with Crippen LogP contribution in [0.25, 0.3) is 0 Å². The molecule has 0 radical (unpaired) electrons. The summed E-state index contributed by atoms with van der Waals surface area (Å²) < 4.78 is 0. The van der Waals surface area contributed by atoms with E-state index in [0.717, 1.165) is 17.7 Å². The van der Waals surface area contributed by atoms with E-state index in [2.05, 4.69) is 5.32 Å². The second kappa shape index (κ2) is 3.67. The summed E-state index contributed by atoms with van der Waals surface area (Å²) in [6.07, 6.45) is 0.752. The van der Waals surface area contributed by atoms with Gasteiger partial charge in [-0.05, 0) is 25.1 Å². The zero-order valence-corrected chi connectivity index (χ0v) is 9.64. The first-order valence-corrected chi connectivity index (χ1v) is 5.84. The van der Waals surface area contributed by atoms with Crippen molar-refractivity contribution in [3.05, 3.63) is 29.8 Å². The first-order chi connectivity index (χ1) is 8.24. The molecule has 1 aliphatic heterocycles. The minimum absolute atomic E-state index is 0.0245. The van der Waals surface area contributed by atoms with Gasteiger partial charge in [0.1, 0.15) is 0 Å². The number of anilines is 1. The number of carbonyl (C=O) groups is 2. The molecule has 2 fully saturated rings. The average Bonchev–Trinajstić information content (AvgIpc) is 3.07. The van der Waals surface area contributed by atoms with Crippen LogP contribution in [0.1, 0.15) is 12.0 Å². The standard InChI is InChI=1S/C13H14N2O2/c1-14-7-8-4-2-3-5-11(8)15-12(16)9-6-10(9)13(15)17/h2-5,9-10,14H,6-7H2,1H3. The highest BCUT2D eigenvalue weighted by Gasteiger charge is 2.59. The molecule has 17 heavy (non-hydrogen) atoms. The molecule has 4 nitrogen and oxygen atoms in total. The van der Waals surface area contributed by atoms with Crippen molar-refractivity contribution in [1.29, 1.82) is 0 Å². The molecule has 2 atom stereocenters. The van der Waals surface area contributed by atoms with Gasteiger partial charge in [0, 0.05) is 6.54 Å². The maximum Gasteiger partial charge on any atom is 0.237 e. The molecule has 2 aliphatic rings. The highest BCUT2D eigenvalue weighted by atomic mass is 16.2. The fourth-order valence-corrected chi connectivity index (χ4v) is 2.49. The molecule has 1 aromatic carbocycles. The van der Waals surface area contributed by atoms with Crippen LogP contribution in [-0.4, -0.2) is 18.9 Å². The lowest BCUT2D eigenvalue weighted by molar-refractivity contribution is -0.123. The number of hydrogen-bond donors (Lipinski definition) is 1. The minimum atomic E-state index is -0.0369. The Balaban J connectivity index is 1.99. The van der Waals surface area contributed by atoms with Crippen LogP contribution in [0.3, 0.4) is 0 Å². The largest absolute Gasteiger partial charge is 0.316 e. The van der Waals surface area contributed by atoms with Gasteiger partial charge in [0.15, 0.2) is 0 Å². The molecule has 2 unspecified atom stereocenters. The van der Waals surface area contributed by atoms with Crippen LogP contribution < -0.4 is 10.2 Å². The van der Waals surface area contributed by atoms with Crippen LogP contribution in [0.5, 0.6) is 0 Å². The number of amides is 2. The molecule has 0 aromatic heterocycles. The smallest absolute Gasteiger partial charge is 0.237 e. The molecule has 88 valence electrons. The summed E-state index contributed by atoms with van der Waals surface area (Å²) in [5.74, 6) is -0.123. The van der Waals surface area contributed by atoms with Gasteiger partial charge in [0.2, 0.25) is 11.8 Å². The van der Waals surface area contributed by atoms with E-state index < -0.39 is 0 Å². The normalized spacial score (nSPS) is 26.3. The quantitative estimate of drug-likeness (QED) is 0.785. The van der Waals surface area contributed by atoms with Gasteiger partial charge in [0.05, 0.1) is 17.5 Å². The average molecular weight is 230 g/mol. The Kier molecular flexibility index (Phi) is 2.26. The van der Waals surface area contributed by atoms with Gasteiger partial charge in [0.25, 0.3) is 0 Å². The van der Waals surface area contributed by atoms with Crippen LogP contribution >= 0.6 is 0 Å². The van der Waals surface area contributed by atoms with Gasteiger partial charge in [-0.25, -0.2) is 4.90 Å². The molecule has 1 N–H and O–H groups in total. The Labute approximate surface area is 99.6 Å². The van der Waals surface area contributed by atoms with E-state index >= 15 is 0 Å². The Hall–Kier alpha value is -1.68. The predicted molar refractivity (Wildman–Crippen MR) is 63.3 cm³/mol. The summed E-state index contributed by atoms with van der Waals surface area (Å²) in [5, 5.41) is 3.05. The van der Waals surface area contributed by atoms with Crippen molar-refractivity contribution in [2.75, 3.05) is 11.9 Å². The Bertz CT molecular complexity index is 478. The van der Waals surface area contributed by atoms with E-state index in [9.17, 15) is 9.59 Å². The molecule has 4 heteroatoms. The molecule has 1 saturated carbocycles. The van der Waals surface area contributed by atoms with E-state index in [1.807, 2.05) is 31.3 Å². The van der Waals surface area contributed by atoms with E-state index in [1.54, 1.807) is 0 Å². The number of nitrogens with zero attached hydrogens (tertiary/aromatic N) is 1. The highest BCUT2D eigenvalue weighted by molar-refractivity contribution is 6.25. The number of carbonyl (C=O) groups excluding carboxylic acids is 2. The SMILES string of the molecule is CNCc1ccccc1N1C(=O)C2CC2C1=O.